The molecule has 1 aliphatic rings. The molecule has 90 valence electrons. The van der Waals surface area contributed by atoms with Crippen molar-refractivity contribution in [3.63, 3.8) is 0 Å². The van der Waals surface area contributed by atoms with E-state index in [9.17, 15) is 4.79 Å². The van der Waals surface area contributed by atoms with Gasteiger partial charge >= 0.3 is 5.69 Å². The zero-order chi connectivity index (χ0) is 11.8. The minimum atomic E-state index is -0.281. The van der Waals surface area contributed by atoms with Gasteiger partial charge in [-0.3, -0.25) is 0 Å². The van der Waals surface area contributed by atoms with Crippen LogP contribution in [0.15, 0.2) is 17.2 Å². The first kappa shape index (κ1) is 10.3. The van der Waals surface area contributed by atoms with Crippen LogP contribution < -0.4 is 11.0 Å². The zero-order valence-electron chi connectivity index (χ0n) is 9.38. The number of nitrogens with zero attached hydrogens (tertiary/aromatic N) is 3. The van der Waals surface area contributed by atoms with Crippen LogP contribution in [-0.2, 0) is 4.74 Å². The highest BCUT2D eigenvalue weighted by Gasteiger charge is 2.24. The Morgan fingerprint density at radius 1 is 1.65 bits per heavy atom. The molecule has 3 rings (SSSR count). The summed E-state index contributed by atoms with van der Waals surface area (Å²) in [5, 5.41) is 9.54. The lowest BCUT2D eigenvalue weighted by Gasteiger charge is -2.16. The monoisotopic (exact) mass is 235 g/mol. The van der Waals surface area contributed by atoms with Gasteiger partial charge in [0.25, 0.3) is 0 Å². The van der Waals surface area contributed by atoms with E-state index in [1.807, 2.05) is 6.92 Å². The third kappa shape index (κ3) is 1.78. The Balaban J connectivity index is 1.88. The van der Waals surface area contributed by atoms with Gasteiger partial charge in [0.15, 0.2) is 5.65 Å². The number of anilines is 1. The SMILES string of the molecule is CC1OCCC1Nc1cc2n[nH]c(=O)n2cn1. The van der Waals surface area contributed by atoms with Crippen molar-refractivity contribution in [2.45, 2.75) is 25.5 Å². The third-order valence-corrected chi connectivity index (χ3v) is 3.02. The molecule has 1 fully saturated rings. The molecule has 1 saturated heterocycles. The van der Waals surface area contributed by atoms with Gasteiger partial charge < -0.3 is 10.1 Å². The molecule has 2 N–H and O–H groups in total. The molecule has 2 atom stereocenters. The summed E-state index contributed by atoms with van der Waals surface area (Å²) in [6.45, 7) is 2.80. The van der Waals surface area contributed by atoms with Crippen molar-refractivity contribution in [1.29, 1.82) is 0 Å². The maximum atomic E-state index is 11.3. The number of fused-ring (bicyclic) bond motifs is 1. The number of rotatable bonds is 2. The fourth-order valence-electron chi connectivity index (χ4n) is 2.00. The van der Waals surface area contributed by atoms with E-state index in [-0.39, 0.29) is 17.8 Å². The van der Waals surface area contributed by atoms with Gasteiger partial charge in [0.05, 0.1) is 12.1 Å². The summed E-state index contributed by atoms with van der Waals surface area (Å²) in [7, 11) is 0. The Hall–Kier alpha value is -1.89. The Bertz CT molecular complexity index is 590. The predicted molar refractivity (Wildman–Crippen MR) is 61.0 cm³/mol. The highest BCUT2D eigenvalue weighted by molar-refractivity contribution is 5.48. The molecule has 0 spiro atoms. The maximum absolute atomic E-state index is 11.3. The van der Waals surface area contributed by atoms with Crippen molar-refractivity contribution in [1.82, 2.24) is 19.6 Å². The molecule has 17 heavy (non-hydrogen) atoms. The molecule has 2 unspecified atom stereocenters. The second kappa shape index (κ2) is 3.85. The molecule has 0 amide bonds. The molecular formula is C10H13N5O2. The second-order valence-corrected chi connectivity index (χ2v) is 4.15. The second-order valence-electron chi connectivity index (χ2n) is 4.15. The minimum absolute atomic E-state index is 0.175. The minimum Gasteiger partial charge on any atom is -0.376 e. The van der Waals surface area contributed by atoms with E-state index in [2.05, 4.69) is 20.5 Å². The lowest BCUT2D eigenvalue weighted by atomic mass is 10.1. The summed E-state index contributed by atoms with van der Waals surface area (Å²) < 4.78 is 6.82. The first-order valence-corrected chi connectivity index (χ1v) is 5.55. The standard InChI is InChI=1S/C10H13N5O2/c1-6-7(2-3-17-6)12-8-4-9-13-14-10(16)15(9)5-11-8/h4-7,12H,2-3H2,1H3,(H,14,16). The van der Waals surface area contributed by atoms with Gasteiger partial charge in [0.1, 0.15) is 12.1 Å². The van der Waals surface area contributed by atoms with Crippen LogP contribution in [0, 0.1) is 0 Å². The lowest BCUT2D eigenvalue weighted by molar-refractivity contribution is 0.121. The average Bonchev–Trinajstić information content (AvgIpc) is 2.87. The van der Waals surface area contributed by atoms with Crippen LogP contribution in [0.25, 0.3) is 5.65 Å². The molecule has 2 aromatic heterocycles. The van der Waals surface area contributed by atoms with Crippen LogP contribution in [0.5, 0.6) is 0 Å². The van der Waals surface area contributed by atoms with Crippen molar-refractivity contribution in [2.24, 2.45) is 0 Å². The van der Waals surface area contributed by atoms with Gasteiger partial charge in [-0.1, -0.05) is 0 Å². The largest absolute Gasteiger partial charge is 0.376 e. The van der Waals surface area contributed by atoms with Crippen molar-refractivity contribution in [2.75, 3.05) is 11.9 Å². The molecule has 7 heteroatoms. The van der Waals surface area contributed by atoms with Crippen molar-refractivity contribution < 1.29 is 4.74 Å². The van der Waals surface area contributed by atoms with E-state index >= 15 is 0 Å². The fourth-order valence-corrected chi connectivity index (χ4v) is 2.00. The molecule has 0 radical (unpaired) electrons. The Kier molecular flexibility index (Phi) is 2.32. The smallest absolute Gasteiger partial charge is 0.348 e. The van der Waals surface area contributed by atoms with Gasteiger partial charge in [0.2, 0.25) is 0 Å². The number of ether oxygens (including phenoxy) is 1. The number of hydrogen-bond donors (Lipinski definition) is 2. The molecule has 0 saturated carbocycles. The van der Waals surface area contributed by atoms with Crippen LogP contribution in [0.4, 0.5) is 5.82 Å². The van der Waals surface area contributed by atoms with Crippen molar-refractivity contribution >= 4 is 11.5 Å². The van der Waals surface area contributed by atoms with E-state index < -0.39 is 0 Å². The Labute approximate surface area is 96.8 Å². The van der Waals surface area contributed by atoms with E-state index in [1.54, 1.807) is 6.07 Å². The van der Waals surface area contributed by atoms with Crippen LogP contribution in [0.1, 0.15) is 13.3 Å². The lowest BCUT2D eigenvalue weighted by Crippen LogP contribution is -2.27. The van der Waals surface area contributed by atoms with Gasteiger partial charge in [-0.05, 0) is 13.3 Å². The average molecular weight is 235 g/mol. The first-order chi connectivity index (χ1) is 8.24. The Morgan fingerprint density at radius 2 is 2.53 bits per heavy atom. The molecule has 0 bridgehead atoms. The normalized spacial score (nSPS) is 24.3. The summed E-state index contributed by atoms with van der Waals surface area (Å²) in [6, 6.07) is 2.00. The molecule has 3 heterocycles. The molecule has 0 aromatic carbocycles. The van der Waals surface area contributed by atoms with Crippen LogP contribution >= 0.6 is 0 Å². The van der Waals surface area contributed by atoms with Gasteiger partial charge in [-0.25, -0.2) is 19.3 Å². The number of H-pyrrole nitrogens is 1. The molecule has 7 nitrogen and oxygen atoms in total. The number of hydrogen-bond acceptors (Lipinski definition) is 5. The summed E-state index contributed by atoms with van der Waals surface area (Å²) in [6.07, 6.45) is 2.60. The van der Waals surface area contributed by atoms with E-state index in [1.165, 1.54) is 10.7 Å². The molecule has 1 aliphatic heterocycles. The number of nitrogens with one attached hydrogen (secondary N) is 2. The van der Waals surface area contributed by atoms with E-state index in [0.717, 1.165) is 13.0 Å². The van der Waals surface area contributed by atoms with Crippen LogP contribution in [0.3, 0.4) is 0 Å². The van der Waals surface area contributed by atoms with Gasteiger partial charge in [-0.2, -0.15) is 5.10 Å². The summed E-state index contributed by atoms with van der Waals surface area (Å²) in [5.74, 6) is 0.707. The van der Waals surface area contributed by atoms with Crippen LogP contribution in [-0.4, -0.2) is 38.3 Å². The highest BCUT2D eigenvalue weighted by Crippen LogP contribution is 2.17. The fraction of sp³-hybridized carbons (Fsp3) is 0.500. The first-order valence-electron chi connectivity index (χ1n) is 5.55. The van der Waals surface area contributed by atoms with Crippen molar-refractivity contribution in [3.8, 4) is 0 Å². The van der Waals surface area contributed by atoms with E-state index in [0.29, 0.717) is 11.5 Å². The van der Waals surface area contributed by atoms with Crippen molar-refractivity contribution in [3.05, 3.63) is 22.9 Å². The molecule has 0 aliphatic carbocycles. The summed E-state index contributed by atoms with van der Waals surface area (Å²) in [4.78, 5) is 15.4. The molecular weight excluding hydrogens is 222 g/mol. The number of aromatic nitrogens is 4. The quantitative estimate of drug-likeness (QED) is 0.765. The number of aromatic amines is 1. The summed E-state index contributed by atoms with van der Waals surface area (Å²) >= 11 is 0. The van der Waals surface area contributed by atoms with Crippen LogP contribution in [0.2, 0.25) is 0 Å². The van der Waals surface area contributed by atoms with Gasteiger partial charge in [-0.15, -0.1) is 0 Å². The zero-order valence-corrected chi connectivity index (χ0v) is 9.38. The summed E-state index contributed by atoms with van der Waals surface area (Å²) in [5.41, 5.74) is 0.274. The highest BCUT2D eigenvalue weighted by atomic mass is 16.5. The Morgan fingerprint density at radius 3 is 3.29 bits per heavy atom. The third-order valence-electron chi connectivity index (χ3n) is 3.02. The van der Waals surface area contributed by atoms with E-state index in [4.69, 9.17) is 4.74 Å². The topological polar surface area (TPSA) is 84.3 Å². The molecule has 2 aromatic rings. The predicted octanol–water partition coefficient (Wildman–Crippen LogP) is 0.00690. The maximum Gasteiger partial charge on any atom is 0.348 e. The van der Waals surface area contributed by atoms with Gasteiger partial charge in [0, 0.05) is 12.7 Å².